The van der Waals surface area contributed by atoms with Gasteiger partial charge in [0, 0.05) is 28.6 Å². The first kappa shape index (κ1) is 16.2. The zero-order chi connectivity index (χ0) is 16.1. The lowest BCUT2D eigenvalue weighted by atomic mass is 10.2. The minimum atomic E-state index is -0.0184. The molecule has 2 heterocycles. The minimum Gasteiger partial charge on any atom is -0.358 e. The Bertz CT molecular complexity index is 843. The Hall–Kier alpha value is -2.14. The predicted molar refractivity (Wildman–Crippen MR) is 95.9 cm³/mol. The normalized spacial score (nSPS) is 10.0. The van der Waals surface area contributed by atoms with E-state index in [0.717, 1.165) is 15.7 Å². The van der Waals surface area contributed by atoms with Crippen molar-refractivity contribution in [2.75, 3.05) is 5.32 Å². The minimum absolute atomic E-state index is 0.0184. The van der Waals surface area contributed by atoms with Crippen molar-refractivity contribution < 1.29 is 0 Å². The van der Waals surface area contributed by atoms with Crippen LogP contribution in [0.1, 0.15) is 19.4 Å². The number of aromatic amines is 1. The number of fused-ring (bicyclic) bond motifs is 1. The monoisotopic (exact) mass is 359 g/mol. The maximum atomic E-state index is 11.8. The average molecular weight is 360 g/mol. The van der Waals surface area contributed by atoms with Crippen LogP contribution < -0.4 is 10.7 Å². The quantitative estimate of drug-likeness (QED) is 0.693. The predicted octanol–water partition coefficient (Wildman–Crippen LogP) is 4.76. The molecule has 22 heavy (non-hydrogen) atoms. The van der Waals surface area contributed by atoms with E-state index in [4.69, 9.17) is 0 Å². The second-order valence-corrected chi connectivity index (χ2v) is 5.32. The second kappa shape index (κ2) is 7.22. The van der Waals surface area contributed by atoms with Gasteiger partial charge in [0.05, 0.1) is 10.9 Å². The highest BCUT2D eigenvalue weighted by atomic mass is 79.9. The average Bonchev–Trinajstić information content (AvgIpc) is 2.55. The van der Waals surface area contributed by atoms with Crippen LogP contribution in [0.25, 0.3) is 10.9 Å². The standard InChI is InChI=1S/C15H12BrN3O.C2H6/c1-9-11(16)3-2-4-12(9)19-15-14-10(5-7-18-15)13(20)6-8-17-14;1-2/h2-8H,1H3,(H,17,20)(H,18,19);1-2H3. The van der Waals surface area contributed by atoms with E-state index in [1.807, 2.05) is 39.0 Å². The molecular weight excluding hydrogens is 342 g/mol. The highest BCUT2D eigenvalue weighted by molar-refractivity contribution is 9.10. The van der Waals surface area contributed by atoms with Gasteiger partial charge in [-0.2, -0.15) is 0 Å². The van der Waals surface area contributed by atoms with Gasteiger partial charge >= 0.3 is 0 Å². The van der Waals surface area contributed by atoms with Crippen LogP contribution in [0.15, 0.2) is 52.0 Å². The van der Waals surface area contributed by atoms with Crippen LogP contribution in [0.4, 0.5) is 11.5 Å². The third-order valence-corrected chi connectivity index (χ3v) is 4.06. The van der Waals surface area contributed by atoms with E-state index >= 15 is 0 Å². The number of benzene rings is 1. The molecule has 114 valence electrons. The molecule has 2 N–H and O–H groups in total. The molecule has 0 aliphatic heterocycles. The van der Waals surface area contributed by atoms with E-state index in [-0.39, 0.29) is 5.43 Å². The van der Waals surface area contributed by atoms with E-state index in [1.165, 1.54) is 6.07 Å². The lowest BCUT2D eigenvalue weighted by molar-refractivity contribution is 1.28. The molecule has 0 spiro atoms. The Morgan fingerprint density at radius 1 is 1.18 bits per heavy atom. The van der Waals surface area contributed by atoms with Gasteiger partial charge in [-0.05, 0) is 30.7 Å². The van der Waals surface area contributed by atoms with Crippen LogP contribution in [0, 0.1) is 6.92 Å². The van der Waals surface area contributed by atoms with Gasteiger partial charge in [-0.15, -0.1) is 0 Å². The molecule has 0 aliphatic rings. The van der Waals surface area contributed by atoms with Gasteiger partial charge in [-0.3, -0.25) is 4.79 Å². The van der Waals surface area contributed by atoms with Gasteiger partial charge in [0.25, 0.3) is 0 Å². The largest absolute Gasteiger partial charge is 0.358 e. The van der Waals surface area contributed by atoms with E-state index in [2.05, 4.69) is 31.2 Å². The van der Waals surface area contributed by atoms with Crippen molar-refractivity contribution in [3.8, 4) is 0 Å². The van der Waals surface area contributed by atoms with Crippen molar-refractivity contribution >= 4 is 38.3 Å². The summed E-state index contributed by atoms with van der Waals surface area (Å²) in [6.45, 7) is 6.01. The van der Waals surface area contributed by atoms with E-state index in [0.29, 0.717) is 16.7 Å². The molecule has 0 amide bonds. The first-order valence-electron chi connectivity index (χ1n) is 7.15. The molecule has 0 radical (unpaired) electrons. The van der Waals surface area contributed by atoms with Crippen LogP contribution in [-0.2, 0) is 0 Å². The Kier molecular flexibility index (Phi) is 5.33. The maximum absolute atomic E-state index is 11.8. The SMILES string of the molecule is CC.Cc1c(Br)cccc1Nc1nccc2c(=O)cc[nH]c12. The topological polar surface area (TPSA) is 57.8 Å². The van der Waals surface area contributed by atoms with Crippen LogP contribution in [0.2, 0.25) is 0 Å². The van der Waals surface area contributed by atoms with Gasteiger partial charge in [-0.1, -0.05) is 35.8 Å². The number of nitrogens with zero attached hydrogens (tertiary/aromatic N) is 1. The molecule has 5 heteroatoms. The van der Waals surface area contributed by atoms with Gasteiger partial charge in [0.2, 0.25) is 0 Å². The van der Waals surface area contributed by atoms with Gasteiger partial charge in [0.15, 0.2) is 11.2 Å². The molecule has 4 nitrogen and oxygen atoms in total. The molecule has 0 saturated carbocycles. The number of rotatable bonds is 2. The van der Waals surface area contributed by atoms with Crippen molar-refractivity contribution in [3.05, 3.63) is 63.0 Å². The highest BCUT2D eigenvalue weighted by Gasteiger charge is 2.07. The summed E-state index contributed by atoms with van der Waals surface area (Å²) >= 11 is 3.50. The first-order valence-corrected chi connectivity index (χ1v) is 7.94. The Balaban J connectivity index is 0.000000847. The zero-order valence-electron chi connectivity index (χ0n) is 12.8. The van der Waals surface area contributed by atoms with Crippen molar-refractivity contribution in [1.82, 2.24) is 9.97 Å². The number of pyridine rings is 2. The number of H-pyrrole nitrogens is 1. The third-order valence-electron chi connectivity index (χ3n) is 3.20. The summed E-state index contributed by atoms with van der Waals surface area (Å²) in [5.74, 6) is 0.640. The molecule has 1 aromatic carbocycles. The molecule has 0 fully saturated rings. The molecular formula is C17H18BrN3O. The Labute approximate surface area is 137 Å². The lowest BCUT2D eigenvalue weighted by Gasteiger charge is -2.11. The summed E-state index contributed by atoms with van der Waals surface area (Å²) in [6, 6.07) is 9.14. The fourth-order valence-electron chi connectivity index (χ4n) is 2.07. The van der Waals surface area contributed by atoms with Crippen LogP contribution >= 0.6 is 15.9 Å². The Morgan fingerprint density at radius 2 is 1.95 bits per heavy atom. The van der Waals surface area contributed by atoms with Crippen LogP contribution in [0.5, 0.6) is 0 Å². The van der Waals surface area contributed by atoms with Crippen molar-refractivity contribution in [1.29, 1.82) is 0 Å². The van der Waals surface area contributed by atoms with Crippen molar-refractivity contribution in [2.24, 2.45) is 0 Å². The summed E-state index contributed by atoms with van der Waals surface area (Å²) in [5.41, 5.74) is 2.73. The fourth-order valence-corrected chi connectivity index (χ4v) is 2.44. The highest BCUT2D eigenvalue weighted by Crippen LogP contribution is 2.27. The van der Waals surface area contributed by atoms with Crippen molar-refractivity contribution in [3.63, 3.8) is 0 Å². The van der Waals surface area contributed by atoms with Crippen molar-refractivity contribution in [2.45, 2.75) is 20.8 Å². The van der Waals surface area contributed by atoms with Gasteiger partial charge in [-0.25, -0.2) is 4.98 Å². The van der Waals surface area contributed by atoms with Gasteiger partial charge in [0.1, 0.15) is 0 Å². The smallest absolute Gasteiger partial charge is 0.189 e. The van der Waals surface area contributed by atoms with Crippen LogP contribution in [0.3, 0.4) is 0 Å². The number of hydrogen-bond acceptors (Lipinski definition) is 3. The molecule has 0 aliphatic carbocycles. The zero-order valence-corrected chi connectivity index (χ0v) is 14.4. The summed E-state index contributed by atoms with van der Waals surface area (Å²) in [7, 11) is 0. The number of nitrogens with one attached hydrogen (secondary N) is 2. The van der Waals surface area contributed by atoms with E-state index in [1.54, 1.807) is 18.5 Å². The summed E-state index contributed by atoms with van der Waals surface area (Å²) < 4.78 is 1.02. The maximum Gasteiger partial charge on any atom is 0.189 e. The van der Waals surface area contributed by atoms with E-state index < -0.39 is 0 Å². The summed E-state index contributed by atoms with van der Waals surface area (Å²) in [5, 5.41) is 3.89. The van der Waals surface area contributed by atoms with Gasteiger partial charge < -0.3 is 10.3 Å². The number of hydrogen-bond donors (Lipinski definition) is 2. The Morgan fingerprint density at radius 3 is 2.73 bits per heavy atom. The fraction of sp³-hybridized carbons (Fsp3) is 0.176. The number of anilines is 2. The molecule has 0 bridgehead atoms. The summed E-state index contributed by atoms with van der Waals surface area (Å²) in [6.07, 6.45) is 3.26. The third kappa shape index (κ3) is 3.20. The first-order chi connectivity index (χ1) is 10.7. The molecule has 0 atom stereocenters. The summed E-state index contributed by atoms with van der Waals surface area (Å²) in [4.78, 5) is 19.2. The number of halogens is 1. The molecule has 0 unspecified atom stereocenters. The number of aromatic nitrogens is 2. The lowest BCUT2D eigenvalue weighted by Crippen LogP contribution is -2.04. The molecule has 2 aromatic heterocycles. The second-order valence-electron chi connectivity index (χ2n) is 4.46. The van der Waals surface area contributed by atoms with E-state index in [9.17, 15) is 4.79 Å². The molecule has 3 aromatic rings. The van der Waals surface area contributed by atoms with Crippen LogP contribution in [-0.4, -0.2) is 9.97 Å². The molecule has 0 saturated heterocycles. The molecule has 3 rings (SSSR count).